The molecular formula is C18H26ClN3O4S. The van der Waals surface area contributed by atoms with Gasteiger partial charge in [0.05, 0.1) is 5.02 Å². The summed E-state index contributed by atoms with van der Waals surface area (Å²) in [6, 6.07) is 6.11. The van der Waals surface area contributed by atoms with Crippen LogP contribution in [-0.4, -0.2) is 39.9 Å². The fourth-order valence-corrected chi connectivity index (χ4v) is 4.57. The second-order valence-electron chi connectivity index (χ2n) is 6.55. The van der Waals surface area contributed by atoms with Gasteiger partial charge in [0.25, 0.3) is 0 Å². The highest BCUT2D eigenvalue weighted by Crippen LogP contribution is 2.23. The molecule has 1 saturated carbocycles. The molecule has 0 bridgehead atoms. The maximum Gasteiger partial charge on any atom is 0.242 e. The van der Waals surface area contributed by atoms with Crippen LogP contribution in [0, 0.1) is 5.92 Å². The minimum absolute atomic E-state index is 0.000252. The topological polar surface area (TPSA) is 104 Å². The van der Waals surface area contributed by atoms with Gasteiger partial charge in [-0.1, -0.05) is 43.0 Å². The fraction of sp³-hybridized carbons (Fsp3) is 0.556. The van der Waals surface area contributed by atoms with Crippen molar-refractivity contribution in [2.45, 2.75) is 43.4 Å². The van der Waals surface area contributed by atoms with E-state index in [0.717, 1.165) is 25.7 Å². The molecule has 0 radical (unpaired) electrons. The highest BCUT2D eigenvalue weighted by molar-refractivity contribution is 7.89. The van der Waals surface area contributed by atoms with Gasteiger partial charge in [-0.05, 0) is 25.0 Å². The number of rotatable bonds is 9. The maximum absolute atomic E-state index is 12.1. The summed E-state index contributed by atoms with van der Waals surface area (Å²) < 4.78 is 26.6. The molecule has 0 atom stereocenters. The molecule has 0 spiro atoms. The van der Waals surface area contributed by atoms with Crippen LogP contribution in [-0.2, 0) is 19.6 Å². The molecule has 1 aromatic rings. The van der Waals surface area contributed by atoms with Gasteiger partial charge in [-0.25, -0.2) is 13.1 Å². The van der Waals surface area contributed by atoms with Crippen LogP contribution >= 0.6 is 11.6 Å². The number of carbonyl (C=O) groups is 2. The van der Waals surface area contributed by atoms with Crippen molar-refractivity contribution < 1.29 is 18.0 Å². The Kier molecular flexibility index (Phi) is 8.53. The Hall–Kier alpha value is -1.64. The third kappa shape index (κ3) is 7.12. The summed E-state index contributed by atoms with van der Waals surface area (Å²) in [4.78, 5) is 23.8. The number of carbonyl (C=O) groups excluding carboxylic acids is 2. The predicted molar refractivity (Wildman–Crippen MR) is 104 cm³/mol. The van der Waals surface area contributed by atoms with Gasteiger partial charge < -0.3 is 10.6 Å². The maximum atomic E-state index is 12.1. The second kappa shape index (κ2) is 10.6. The van der Waals surface area contributed by atoms with Gasteiger partial charge in [0, 0.05) is 32.0 Å². The van der Waals surface area contributed by atoms with Crippen molar-refractivity contribution in [1.82, 2.24) is 15.4 Å². The zero-order valence-electron chi connectivity index (χ0n) is 15.2. The number of hydrogen-bond donors (Lipinski definition) is 3. The van der Waals surface area contributed by atoms with Gasteiger partial charge in [0.2, 0.25) is 21.8 Å². The van der Waals surface area contributed by atoms with E-state index in [-0.39, 0.29) is 40.6 Å². The zero-order chi connectivity index (χ0) is 19.7. The molecule has 1 fully saturated rings. The summed E-state index contributed by atoms with van der Waals surface area (Å²) in [5.74, 6) is -0.145. The van der Waals surface area contributed by atoms with Crippen molar-refractivity contribution in [3.8, 4) is 0 Å². The molecule has 2 rings (SSSR count). The molecule has 3 N–H and O–H groups in total. The van der Waals surface area contributed by atoms with Gasteiger partial charge in [-0.3, -0.25) is 9.59 Å². The van der Waals surface area contributed by atoms with Gasteiger partial charge in [-0.15, -0.1) is 0 Å². The molecule has 0 unspecified atom stereocenters. The number of hydrogen-bond acceptors (Lipinski definition) is 4. The van der Waals surface area contributed by atoms with Crippen molar-refractivity contribution in [3.63, 3.8) is 0 Å². The molecule has 0 heterocycles. The minimum atomic E-state index is -3.75. The SMILES string of the molecule is O=C(CCNS(=O)(=O)c1ccccc1Cl)NCCNC(=O)C1CCCCC1. The summed E-state index contributed by atoms with van der Waals surface area (Å²) in [7, 11) is -3.75. The van der Waals surface area contributed by atoms with E-state index in [0.29, 0.717) is 13.1 Å². The number of nitrogens with one attached hydrogen (secondary N) is 3. The number of halogens is 1. The Balaban J connectivity index is 1.62. The lowest BCUT2D eigenvalue weighted by Gasteiger charge is -2.20. The van der Waals surface area contributed by atoms with Crippen molar-refractivity contribution >= 4 is 33.4 Å². The number of sulfonamides is 1. The first kappa shape index (κ1) is 21.7. The van der Waals surface area contributed by atoms with E-state index in [1.54, 1.807) is 12.1 Å². The van der Waals surface area contributed by atoms with Crippen LogP contribution in [0.2, 0.25) is 5.02 Å². The lowest BCUT2D eigenvalue weighted by molar-refractivity contribution is -0.126. The molecule has 150 valence electrons. The van der Waals surface area contributed by atoms with Gasteiger partial charge in [-0.2, -0.15) is 0 Å². The van der Waals surface area contributed by atoms with E-state index >= 15 is 0 Å². The number of benzene rings is 1. The number of amides is 2. The fourth-order valence-electron chi connectivity index (χ4n) is 3.02. The van der Waals surface area contributed by atoms with Crippen LogP contribution in [0.3, 0.4) is 0 Å². The predicted octanol–water partition coefficient (Wildman–Crippen LogP) is 1.82. The van der Waals surface area contributed by atoms with E-state index in [1.807, 2.05) is 0 Å². The normalized spacial score (nSPS) is 15.3. The van der Waals surface area contributed by atoms with Crippen LogP contribution in [0.25, 0.3) is 0 Å². The molecule has 2 amide bonds. The van der Waals surface area contributed by atoms with Crippen molar-refractivity contribution in [2.24, 2.45) is 5.92 Å². The monoisotopic (exact) mass is 415 g/mol. The third-order valence-electron chi connectivity index (χ3n) is 4.49. The summed E-state index contributed by atoms with van der Waals surface area (Å²) in [5.41, 5.74) is 0. The van der Waals surface area contributed by atoms with Crippen LogP contribution in [0.1, 0.15) is 38.5 Å². The molecule has 9 heteroatoms. The first-order chi connectivity index (χ1) is 12.9. The molecule has 27 heavy (non-hydrogen) atoms. The summed E-state index contributed by atoms with van der Waals surface area (Å²) in [6.45, 7) is 0.648. The average Bonchev–Trinajstić information content (AvgIpc) is 2.66. The molecule has 1 aromatic carbocycles. The molecule has 7 nitrogen and oxygen atoms in total. The van der Waals surface area contributed by atoms with Crippen molar-refractivity contribution in [1.29, 1.82) is 0 Å². The van der Waals surface area contributed by atoms with E-state index in [2.05, 4.69) is 15.4 Å². The Morgan fingerprint density at radius 3 is 2.37 bits per heavy atom. The van der Waals surface area contributed by atoms with Crippen LogP contribution in [0.4, 0.5) is 0 Å². The standard InChI is InChI=1S/C18H26ClN3O4S/c19-15-8-4-5-9-16(15)27(25,26)22-11-10-17(23)20-12-13-21-18(24)14-6-2-1-3-7-14/h4-5,8-9,14,22H,1-3,6-7,10-13H2,(H,20,23)(H,21,24). The summed E-state index contributed by atoms with van der Waals surface area (Å²) >= 11 is 5.88. The summed E-state index contributed by atoms with van der Waals surface area (Å²) in [6.07, 6.45) is 5.26. The van der Waals surface area contributed by atoms with Gasteiger partial charge in [0.1, 0.15) is 4.90 Å². The van der Waals surface area contributed by atoms with Crippen molar-refractivity contribution in [3.05, 3.63) is 29.3 Å². The quantitative estimate of drug-likeness (QED) is 0.535. The van der Waals surface area contributed by atoms with Gasteiger partial charge >= 0.3 is 0 Å². The summed E-state index contributed by atoms with van der Waals surface area (Å²) in [5, 5.41) is 5.63. The van der Waals surface area contributed by atoms with E-state index in [4.69, 9.17) is 11.6 Å². The molecule has 1 aliphatic carbocycles. The van der Waals surface area contributed by atoms with Gasteiger partial charge in [0.15, 0.2) is 0 Å². The molecule has 0 saturated heterocycles. The second-order valence-corrected chi connectivity index (χ2v) is 8.70. The molecule has 1 aliphatic rings. The first-order valence-corrected chi connectivity index (χ1v) is 11.0. The van der Waals surface area contributed by atoms with Crippen molar-refractivity contribution in [2.75, 3.05) is 19.6 Å². The highest BCUT2D eigenvalue weighted by Gasteiger charge is 2.20. The molecule has 0 aromatic heterocycles. The lowest BCUT2D eigenvalue weighted by Crippen LogP contribution is -2.38. The minimum Gasteiger partial charge on any atom is -0.354 e. The van der Waals surface area contributed by atoms with Crippen LogP contribution in [0.15, 0.2) is 29.2 Å². The Bertz CT molecular complexity index is 749. The smallest absolute Gasteiger partial charge is 0.242 e. The Morgan fingerprint density at radius 2 is 1.67 bits per heavy atom. The third-order valence-corrected chi connectivity index (χ3v) is 6.45. The first-order valence-electron chi connectivity index (χ1n) is 9.19. The molecule has 0 aliphatic heterocycles. The lowest BCUT2D eigenvalue weighted by atomic mass is 9.89. The Labute approximate surface area is 165 Å². The van der Waals surface area contributed by atoms with E-state index < -0.39 is 10.0 Å². The highest BCUT2D eigenvalue weighted by atomic mass is 35.5. The van der Waals surface area contributed by atoms with Crippen LogP contribution in [0.5, 0.6) is 0 Å². The average molecular weight is 416 g/mol. The zero-order valence-corrected chi connectivity index (χ0v) is 16.7. The van der Waals surface area contributed by atoms with E-state index in [9.17, 15) is 18.0 Å². The van der Waals surface area contributed by atoms with Crippen LogP contribution < -0.4 is 15.4 Å². The largest absolute Gasteiger partial charge is 0.354 e. The Morgan fingerprint density at radius 1 is 1.00 bits per heavy atom. The molecular weight excluding hydrogens is 390 g/mol. The van der Waals surface area contributed by atoms with E-state index in [1.165, 1.54) is 18.6 Å².